The van der Waals surface area contributed by atoms with Crippen LogP contribution in [-0.4, -0.2) is 42.5 Å². The Morgan fingerprint density at radius 1 is 1.26 bits per heavy atom. The first-order chi connectivity index (χ1) is 10.9. The van der Waals surface area contributed by atoms with Crippen LogP contribution in [0, 0.1) is 13.8 Å². The molecule has 6 heteroatoms. The SMILES string of the molecule is CON1CCC2(CC1)NC(=O)C(c1c(C)ccc(Br)c1C)C2=O. The highest BCUT2D eigenvalue weighted by molar-refractivity contribution is 9.10. The lowest BCUT2D eigenvalue weighted by Crippen LogP contribution is -2.54. The van der Waals surface area contributed by atoms with Gasteiger partial charge in [0.2, 0.25) is 5.91 Å². The summed E-state index contributed by atoms with van der Waals surface area (Å²) in [5.74, 6) is -0.880. The van der Waals surface area contributed by atoms with E-state index >= 15 is 0 Å². The van der Waals surface area contributed by atoms with Crippen LogP contribution in [0.3, 0.4) is 0 Å². The normalized spacial score (nSPS) is 24.3. The van der Waals surface area contributed by atoms with E-state index in [9.17, 15) is 9.59 Å². The van der Waals surface area contributed by atoms with E-state index in [-0.39, 0.29) is 11.7 Å². The second kappa shape index (κ2) is 6.00. The Labute approximate surface area is 144 Å². The molecule has 1 N–H and O–H groups in total. The third kappa shape index (κ3) is 2.62. The Kier molecular flexibility index (Phi) is 4.33. The van der Waals surface area contributed by atoms with Gasteiger partial charge in [0.1, 0.15) is 11.5 Å². The van der Waals surface area contributed by atoms with Crippen molar-refractivity contribution in [2.75, 3.05) is 20.2 Å². The zero-order valence-corrected chi connectivity index (χ0v) is 15.2. The summed E-state index contributed by atoms with van der Waals surface area (Å²) in [5, 5.41) is 4.83. The summed E-state index contributed by atoms with van der Waals surface area (Å²) < 4.78 is 0.925. The number of ketones is 1. The molecular weight excluding hydrogens is 360 g/mol. The van der Waals surface area contributed by atoms with Crippen molar-refractivity contribution in [3.05, 3.63) is 33.3 Å². The lowest BCUT2D eigenvalue weighted by Gasteiger charge is -2.36. The van der Waals surface area contributed by atoms with Crippen LogP contribution in [0.1, 0.15) is 35.4 Å². The van der Waals surface area contributed by atoms with Crippen molar-refractivity contribution in [2.45, 2.75) is 38.1 Å². The molecule has 5 nitrogen and oxygen atoms in total. The van der Waals surface area contributed by atoms with Gasteiger partial charge in [-0.25, -0.2) is 0 Å². The summed E-state index contributed by atoms with van der Waals surface area (Å²) in [5.41, 5.74) is 2.04. The highest BCUT2D eigenvalue weighted by atomic mass is 79.9. The van der Waals surface area contributed by atoms with E-state index in [2.05, 4.69) is 21.2 Å². The van der Waals surface area contributed by atoms with E-state index in [1.165, 1.54) is 0 Å². The predicted octanol–water partition coefficient (Wildman–Crippen LogP) is 2.24. The van der Waals surface area contributed by atoms with E-state index in [0.717, 1.165) is 21.2 Å². The number of hydrogen-bond donors (Lipinski definition) is 1. The fourth-order valence-electron chi connectivity index (χ4n) is 3.73. The van der Waals surface area contributed by atoms with Gasteiger partial charge in [-0.15, -0.1) is 0 Å². The number of carbonyl (C=O) groups is 2. The number of nitrogens with zero attached hydrogens (tertiary/aromatic N) is 1. The molecule has 1 atom stereocenters. The lowest BCUT2D eigenvalue weighted by molar-refractivity contribution is -0.157. The van der Waals surface area contributed by atoms with Crippen molar-refractivity contribution in [3.8, 4) is 0 Å². The van der Waals surface area contributed by atoms with E-state index in [0.29, 0.717) is 25.9 Å². The maximum atomic E-state index is 13.1. The van der Waals surface area contributed by atoms with Crippen molar-refractivity contribution < 1.29 is 14.4 Å². The molecular formula is C17H21BrN2O3. The minimum atomic E-state index is -0.738. The van der Waals surface area contributed by atoms with Gasteiger partial charge in [0.15, 0.2) is 5.78 Å². The van der Waals surface area contributed by atoms with Crippen molar-refractivity contribution in [2.24, 2.45) is 0 Å². The summed E-state index contributed by atoms with van der Waals surface area (Å²) in [6.45, 7) is 5.19. The third-order valence-electron chi connectivity index (χ3n) is 5.15. The minimum Gasteiger partial charge on any atom is -0.343 e. The predicted molar refractivity (Wildman–Crippen MR) is 90.1 cm³/mol. The van der Waals surface area contributed by atoms with Crippen molar-refractivity contribution in [1.82, 2.24) is 10.4 Å². The van der Waals surface area contributed by atoms with Crippen LogP contribution in [0.4, 0.5) is 0 Å². The topological polar surface area (TPSA) is 58.6 Å². The molecule has 0 radical (unpaired) electrons. The number of Topliss-reactive ketones (excluding diaryl/α,β-unsaturated/α-hetero) is 1. The van der Waals surface area contributed by atoms with Gasteiger partial charge in [0, 0.05) is 17.6 Å². The number of aryl methyl sites for hydroxylation is 1. The van der Waals surface area contributed by atoms with Crippen molar-refractivity contribution in [3.63, 3.8) is 0 Å². The number of rotatable bonds is 2. The monoisotopic (exact) mass is 380 g/mol. The van der Waals surface area contributed by atoms with Crippen molar-refractivity contribution >= 4 is 27.6 Å². The fourth-order valence-corrected chi connectivity index (χ4v) is 4.08. The Hall–Kier alpha value is -1.24. The molecule has 2 aliphatic rings. The van der Waals surface area contributed by atoms with Gasteiger partial charge >= 0.3 is 0 Å². The maximum Gasteiger partial charge on any atom is 0.235 e. The second-order valence-corrected chi connectivity index (χ2v) is 7.24. The van der Waals surface area contributed by atoms with Crippen LogP contribution >= 0.6 is 15.9 Å². The molecule has 0 aliphatic carbocycles. The number of halogens is 1. The summed E-state index contributed by atoms with van der Waals surface area (Å²) in [6, 6.07) is 3.91. The smallest absolute Gasteiger partial charge is 0.235 e. The summed E-state index contributed by atoms with van der Waals surface area (Å²) in [6.07, 6.45) is 1.18. The average Bonchev–Trinajstić information content (AvgIpc) is 2.77. The number of hydrogen-bond acceptors (Lipinski definition) is 4. The molecule has 2 saturated heterocycles. The minimum absolute atomic E-state index is 0.00236. The molecule has 23 heavy (non-hydrogen) atoms. The summed E-state index contributed by atoms with van der Waals surface area (Å²) in [7, 11) is 1.63. The van der Waals surface area contributed by atoms with Crippen LogP contribution in [0.5, 0.6) is 0 Å². The number of benzene rings is 1. The molecule has 2 fully saturated rings. The van der Waals surface area contributed by atoms with Crippen molar-refractivity contribution in [1.29, 1.82) is 0 Å². The Morgan fingerprint density at radius 3 is 2.52 bits per heavy atom. The summed E-state index contributed by atoms with van der Waals surface area (Å²) >= 11 is 3.51. The van der Waals surface area contributed by atoms with Gasteiger partial charge in [-0.1, -0.05) is 22.0 Å². The van der Waals surface area contributed by atoms with Gasteiger partial charge in [0.05, 0.1) is 7.11 Å². The molecule has 1 aromatic carbocycles. The number of nitrogens with one attached hydrogen (secondary N) is 1. The highest BCUT2D eigenvalue weighted by Gasteiger charge is 2.54. The van der Waals surface area contributed by atoms with Crippen LogP contribution < -0.4 is 5.32 Å². The highest BCUT2D eigenvalue weighted by Crippen LogP contribution is 2.39. The first kappa shape index (κ1) is 16.6. The molecule has 3 rings (SSSR count). The molecule has 1 unspecified atom stereocenters. The van der Waals surface area contributed by atoms with Gasteiger partial charge in [-0.3, -0.25) is 9.59 Å². The Bertz CT molecular complexity index is 666. The molecule has 124 valence electrons. The van der Waals surface area contributed by atoms with Gasteiger partial charge < -0.3 is 10.2 Å². The number of piperidine rings is 1. The first-order valence-electron chi connectivity index (χ1n) is 7.80. The second-order valence-electron chi connectivity index (χ2n) is 6.38. The van der Waals surface area contributed by atoms with Crippen LogP contribution in [0.25, 0.3) is 0 Å². The van der Waals surface area contributed by atoms with E-state index in [1.807, 2.05) is 31.0 Å². The largest absolute Gasteiger partial charge is 0.343 e. The molecule has 1 aromatic rings. The number of amides is 1. The molecule has 0 saturated carbocycles. The van der Waals surface area contributed by atoms with Crippen LogP contribution in [-0.2, 0) is 14.4 Å². The lowest BCUT2D eigenvalue weighted by atomic mass is 9.79. The van der Waals surface area contributed by atoms with E-state index in [1.54, 1.807) is 7.11 Å². The van der Waals surface area contributed by atoms with Crippen LogP contribution in [0.2, 0.25) is 0 Å². The summed E-state index contributed by atoms with van der Waals surface area (Å²) in [4.78, 5) is 31.0. The first-order valence-corrected chi connectivity index (χ1v) is 8.60. The quantitative estimate of drug-likeness (QED) is 0.799. The van der Waals surface area contributed by atoms with Gasteiger partial charge in [-0.2, -0.15) is 5.06 Å². The third-order valence-corrected chi connectivity index (χ3v) is 6.01. The molecule has 0 bridgehead atoms. The fraction of sp³-hybridized carbons (Fsp3) is 0.529. The average molecular weight is 381 g/mol. The Morgan fingerprint density at radius 2 is 1.91 bits per heavy atom. The molecule has 2 aliphatic heterocycles. The Balaban J connectivity index is 1.96. The number of carbonyl (C=O) groups excluding carboxylic acids is 2. The molecule has 1 amide bonds. The number of hydroxylamine groups is 2. The van der Waals surface area contributed by atoms with E-state index in [4.69, 9.17) is 4.84 Å². The van der Waals surface area contributed by atoms with Crippen LogP contribution in [0.15, 0.2) is 16.6 Å². The van der Waals surface area contributed by atoms with E-state index < -0.39 is 11.5 Å². The van der Waals surface area contributed by atoms with Gasteiger partial charge in [0.25, 0.3) is 0 Å². The zero-order chi connectivity index (χ0) is 16.8. The molecule has 2 heterocycles. The van der Waals surface area contributed by atoms with Gasteiger partial charge in [-0.05, 0) is 49.4 Å². The molecule has 1 spiro atoms. The maximum absolute atomic E-state index is 13.1. The zero-order valence-electron chi connectivity index (χ0n) is 13.6. The standard InChI is InChI=1S/C17H21BrN2O3/c1-10-4-5-12(18)11(2)13(10)14-15(21)17(19-16(14)22)6-8-20(23-3)9-7-17/h4-5,14H,6-9H2,1-3H3,(H,19,22). The molecule has 0 aromatic heterocycles.